The van der Waals surface area contributed by atoms with Crippen molar-refractivity contribution in [1.82, 2.24) is 5.32 Å². The Morgan fingerprint density at radius 2 is 1.31 bits per heavy atom. The first-order chi connectivity index (χ1) is 14.2. The van der Waals surface area contributed by atoms with Gasteiger partial charge in [-0.25, -0.2) is 4.79 Å². The first-order valence-corrected chi connectivity index (χ1v) is 10.9. The highest BCUT2D eigenvalue weighted by Gasteiger charge is 2.00. The molecule has 0 bridgehead atoms. The van der Waals surface area contributed by atoms with Crippen molar-refractivity contribution < 1.29 is 14.3 Å². The second kappa shape index (κ2) is 22.2. The molecule has 0 aliphatic carbocycles. The Morgan fingerprint density at radius 1 is 0.793 bits per heavy atom. The van der Waals surface area contributed by atoms with Crippen LogP contribution in [-0.2, 0) is 9.53 Å². The Bertz CT molecular complexity index is 562. The molecule has 0 aliphatic heterocycles. The highest BCUT2D eigenvalue weighted by Crippen LogP contribution is 1.99. The highest BCUT2D eigenvalue weighted by atomic mass is 35.5. The van der Waals surface area contributed by atoms with E-state index in [1.165, 1.54) is 0 Å². The van der Waals surface area contributed by atoms with Gasteiger partial charge in [0.25, 0.3) is 0 Å². The molecule has 0 spiro atoms. The number of carbonyl (C=O) groups is 2. The van der Waals surface area contributed by atoms with E-state index in [2.05, 4.69) is 77.7 Å². The summed E-state index contributed by atoms with van der Waals surface area (Å²) in [4.78, 5) is 22.0. The third kappa shape index (κ3) is 23.9. The summed E-state index contributed by atoms with van der Waals surface area (Å²) in [7, 11) is 0. The van der Waals surface area contributed by atoms with Gasteiger partial charge in [-0.15, -0.1) is 0 Å². The van der Waals surface area contributed by atoms with Crippen molar-refractivity contribution in [2.75, 3.05) is 13.2 Å². The van der Waals surface area contributed by atoms with Crippen LogP contribution in [0.4, 0.5) is 4.79 Å². The van der Waals surface area contributed by atoms with E-state index in [0.29, 0.717) is 19.4 Å². The van der Waals surface area contributed by atoms with Gasteiger partial charge in [-0.05, 0) is 51.4 Å². The van der Waals surface area contributed by atoms with Gasteiger partial charge in [0.05, 0.1) is 6.61 Å². The van der Waals surface area contributed by atoms with E-state index in [4.69, 9.17) is 11.6 Å². The normalized spacial score (nSPS) is 12.2. The van der Waals surface area contributed by atoms with Gasteiger partial charge >= 0.3 is 5.43 Å². The third-order valence-electron chi connectivity index (χ3n) is 3.79. The molecule has 0 radical (unpaired) electrons. The van der Waals surface area contributed by atoms with Crippen LogP contribution in [0.2, 0.25) is 0 Å². The minimum absolute atomic E-state index is 0.0227. The second-order valence-electron chi connectivity index (χ2n) is 6.39. The summed E-state index contributed by atoms with van der Waals surface area (Å²) in [5.41, 5.74) is -0.812. The molecule has 0 aliphatic rings. The van der Waals surface area contributed by atoms with Gasteiger partial charge in [-0.2, -0.15) is 0 Å². The van der Waals surface area contributed by atoms with E-state index >= 15 is 0 Å². The fraction of sp³-hybridized carbons (Fsp3) is 0.500. The fourth-order valence-electron chi connectivity index (χ4n) is 2.29. The van der Waals surface area contributed by atoms with Crippen LogP contribution >= 0.6 is 11.6 Å². The smallest absolute Gasteiger partial charge is 0.403 e. The molecule has 1 amide bonds. The predicted molar refractivity (Wildman–Crippen MR) is 123 cm³/mol. The quantitative estimate of drug-likeness (QED) is 0.160. The summed E-state index contributed by atoms with van der Waals surface area (Å²) < 4.78 is 4.57. The maximum Gasteiger partial charge on any atom is 0.403 e. The third-order valence-corrected chi connectivity index (χ3v) is 3.90. The van der Waals surface area contributed by atoms with Gasteiger partial charge < -0.3 is 10.1 Å². The zero-order chi connectivity index (χ0) is 21.4. The average Bonchev–Trinajstić information content (AvgIpc) is 2.69. The van der Waals surface area contributed by atoms with Crippen molar-refractivity contribution in [1.29, 1.82) is 0 Å². The van der Waals surface area contributed by atoms with Crippen molar-refractivity contribution in [2.24, 2.45) is 0 Å². The van der Waals surface area contributed by atoms with Crippen LogP contribution in [0.5, 0.6) is 0 Å². The lowest BCUT2D eigenvalue weighted by atomic mass is 10.2. The number of unbranched alkanes of at least 4 members (excludes halogenated alkanes) is 1. The van der Waals surface area contributed by atoms with E-state index in [1.807, 2.05) is 0 Å². The number of amides is 1. The molecule has 0 saturated carbocycles. The summed E-state index contributed by atoms with van der Waals surface area (Å²) in [5, 5.41) is 2.79. The standard InChI is InChI=1S/C24H36ClNO3/c1-2-3-4-5-6-7-8-9-10-11-12-13-14-15-16-17-18-20-23(27)26-21-19-22-29-24(25)28/h3-4,6-7,9-10,12-13,15-16H,2,5,8,11,14,17-22H2,1H3,(H,26,27)/b4-3-,7-6-,10-9-,13-12-,16-15-. The minimum atomic E-state index is -0.812. The number of allylic oxidation sites excluding steroid dienone is 10. The van der Waals surface area contributed by atoms with Gasteiger partial charge in [-0.1, -0.05) is 67.7 Å². The Kier molecular flexibility index (Phi) is 20.6. The van der Waals surface area contributed by atoms with E-state index in [9.17, 15) is 9.59 Å². The molecule has 0 aromatic carbocycles. The molecule has 0 aromatic heterocycles. The van der Waals surface area contributed by atoms with Crippen molar-refractivity contribution in [2.45, 2.75) is 64.7 Å². The molecular weight excluding hydrogens is 386 g/mol. The number of rotatable bonds is 17. The largest absolute Gasteiger partial charge is 0.454 e. The summed E-state index contributed by atoms with van der Waals surface area (Å²) in [5.74, 6) is 0.0227. The first-order valence-electron chi connectivity index (χ1n) is 10.5. The molecule has 29 heavy (non-hydrogen) atoms. The molecule has 0 heterocycles. The maximum absolute atomic E-state index is 11.6. The summed E-state index contributed by atoms with van der Waals surface area (Å²) in [6.45, 7) is 2.86. The van der Waals surface area contributed by atoms with E-state index in [0.717, 1.165) is 44.9 Å². The molecular formula is C24H36ClNO3. The van der Waals surface area contributed by atoms with E-state index < -0.39 is 5.43 Å². The van der Waals surface area contributed by atoms with Crippen LogP contribution in [0.25, 0.3) is 0 Å². The van der Waals surface area contributed by atoms with Gasteiger partial charge in [0, 0.05) is 24.6 Å². The van der Waals surface area contributed by atoms with Crippen molar-refractivity contribution in [3.63, 3.8) is 0 Å². The zero-order valence-electron chi connectivity index (χ0n) is 17.7. The minimum Gasteiger partial charge on any atom is -0.454 e. The lowest BCUT2D eigenvalue weighted by Gasteiger charge is -2.04. The Morgan fingerprint density at radius 3 is 1.83 bits per heavy atom. The number of hydrogen-bond donors (Lipinski definition) is 1. The van der Waals surface area contributed by atoms with Crippen LogP contribution in [0, 0.1) is 0 Å². The summed E-state index contributed by atoms with van der Waals surface area (Å²) >= 11 is 5.04. The molecule has 0 atom stereocenters. The molecule has 1 N–H and O–H groups in total. The van der Waals surface area contributed by atoms with Crippen molar-refractivity contribution in [3.8, 4) is 0 Å². The van der Waals surface area contributed by atoms with Gasteiger partial charge in [0.15, 0.2) is 0 Å². The van der Waals surface area contributed by atoms with Gasteiger partial charge in [-0.3, -0.25) is 4.79 Å². The summed E-state index contributed by atoms with van der Waals surface area (Å²) in [6.07, 6.45) is 29.5. The monoisotopic (exact) mass is 421 g/mol. The van der Waals surface area contributed by atoms with Crippen LogP contribution in [0.1, 0.15) is 64.7 Å². The highest BCUT2D eigenvalue weighted by molar-refractivity contribution is 6.61. The second-order valence-corrected chi connectivity index (χ2v) is 6.70. The van der Waals surface area contributed by atoms with Crippen molar-refractivity contribution in [3.05, 3.63) is 60.8 Å². The van der Waals surface area contributed by atoms with Gasteiger partial charge in [0.2, 0.25) is 5.91 Å². The van der Waals surface area contributed by atoms with E-state index in [-0.39, 0.29) is 12.5 Å². The molecule has 0 saturated heterocycles. The lowest BCUT2D eigenvalue weighted by Crippen LogP contribution is -2.24. The van der Waals surface area contributed by atoms with Crippen LogP contribution in [-0.4, -0.2) is 24.5 Å². The molecule has 0 rings (SSSR count). The van der Waals surface area contributed by atoms with Gasteiger partial charge in [0.1, 0.15) is 0 Å². The predicted octanol–water partition coefficient (Wildman–Crippen LogP) is 6.79. The molecule has 0 unspecified atom stereocenters. The Labute approximate surface area is 181 Å². The molecule has 0 fully saturated rings. The van der Waals surface area contributed by atoms with Crippen LogP contribution < -0.4 is 5.32 Å². The number of hydrogen-bond acceptors (Lipinski definition) is 3. The Hall–Kier alpha value is -2.07. The van der Waals surface area contributed by atoms with Crippen LogP contribution in [0.15, 0.2) is 60.8 Å². The van der Waals surface area contributed by atoms with E-state index in [1.54, 1.807) is 0 Å². The first kappa shape index (κ1) is 26.9. The lowest BCUT2D eigenvalue weighted by molar-refractivity contribution is -0.121. The number of ether oxygens (including phenoxy) is 1. The molecule has 4 nitrogen and oxygen atoms in total. The fourth-order valence-corrected chi connectivity index (χ4v) is 2.37. The average molecular weight is 422 g/mol. The molecule has 162 valence electrons. The number of carbonyl (C=O) groups excluding carboxylic acids is 2. The topological polar surface area (TPSA) is 55.4 Å². The molecule has 5 heteroatoms. The zero-order valence-corrected chi connectivity index (χ0v) is 18.4. The number of nitrogens with one attached hydrogen (secondary N) is 1. The number of halogens is 1. The SMILES string of the molecule is CC/C=C\C/C=C\C/C=C\C/C=C\C/C=C\CCCC(=O)NCCCOC(=O)Cl. The van der Waals surface area contributed by atoms with Crippen LogP contribution in [0.3, 0.4) is 0 Å². The molecule has 0 aromatic rings. The maximum atomic E-state index is 11.6. The van der Waals surface area contributed by atoms with Crippen molar-refractivity contribution >= 4 is 22.9 Å². The summed E-state index contributed by atoms with van der Waals surface area (Å²) in [6, 6.07) is 0. The Balaban J connectivity index is 3.50.